The minimum Gasteiger partial charge on any atom is -0.373 e. The largest absolute Gasteiger partial charge is 0.373 e. The van der Waals surface area contributed by atoms with Crippen LogP contribution in [-0.2, 0) is 14.8 Å². The number of carbonyl (C=O) groups excluding carboxylic acids is 1. The van der Waals surface area contributed by atoms with Crippen LogP contribution < -0.4 is 5.32 Å². The Bertz CT molecular complexity index is 966. The van der Waals surface area contributed by atoms with E-state index in [-0.39, 0.29) is 41.4 Å². The zero-order valence-corrected chi connectivity index (χ0v) is 16.8. The van der Waals surface area contributed by atoms with Crippen LogP contribution in [0.2, 0.25) is 0 Å². The highest BCUT2D eigenvalue weighted by molar-refractivity contribution is 7.89. The van der Waals surface area contributed by atoms with E-state index < -0.39 is 21.7 Å². The number of hydrogen-bond donors (Lipinski definition) is 1. The van der Waals surface area contributed by atoms with Crippen molar-refractivity contribution in [3.05, 3.63) is 59.4 Å². The van der Waals surface area contributed by atoms with Gasteiger partial charge >= 0.3 is 0 Å². The molecule has 0 spiro atoms. The van der Waals surface area contributed by atoms with E-state index in [4.69, 9.17) is 4.74 Å². The summed E-state index contributed by atoms with van der Waals surface area (Å²) in [5.74, 6) is -1.04. The van der Waals surface area contributed by atoms with Gasteiger partial charge in [-0.3, -0.25) is 4.79 Å². The molecule has 6 nitrogen and oxygen atoms in total. The smallest absolute Gasteiger partial charge is 0.255 e. The zero-order chi connectivity index (χ0) is 20.5. The van der Waals surface area contributed by atoms with Crippen molar-refractivity contribution in [2.24, 2.45) is 0 Å². The molecule has 28 heavy (non-hydrogen) atoms. The van der Waals surface area contributed by atoms with Crippen molar-refractivity contribution >= 4 is 21.6 Å². The molecule has 0 aromatic heterocycles. The van der Waals surface area contributed by atoms with Crippen LogP contribution in [0.25, 0.3) is 0 Å². The standard InChI is InChI=1S/C20H23FN2O4S/c1-13-4-9-19(18(21)10-13)22-20(24)16-5-7-17(8-6-16)28(25,26)23-11-14(2)27-15(3)12-23/h4-10,14-15H,11-12H2,1-3H3,(H,22,24)/t14-,15+. The Morgan fingerprint density at radius 1 is 1.11 bits per heavy atom. The second-order valence-corrected chi connectivity index (χ2v) is 8.98. The number of nitrogens with zero attached hydrogens (tertiary/aromatic N) is 1. The lowest BCUT2D eigenvalue weighted by Gasteiger charge is -2.34. The Morgan fingerprint density at radius 3 is 2.29 bits per heavy atom. The first-order valence-corrected chi connectivity index (χ1v) is 10.4. The highest BCUT2D eigenvalue weighted by atomic mass is 32.2. The van der Waals surface area contributed by atoms with Crippen molar-refractivity contribution in [3.63, 3.8) is 0 Å². The van der Waals surface area contributed by atoms with Gasteiger partial charge in [0, 0.05) is 18.7 Å². The fourth-order valence-corrected chi connectivity index (χ4v) is 4.76. The van der Waals surface area contributed by atoms with Crippen LogP contribution >= 0.6 is 0 Å². The molecule has 1 amide bonds. The molecule has 0 unspecified atom stereocenters. The summed E-state index contributed by atoms with van der Waals surface area (Å²) < 4.78 is 46.6. The van der Waals surface area contributed by atoms with Gasteiger partial charge in [-0.25, -0.2) is 12.8 Å². The lowest BCUT2D eigenvalue weighted by molar-refractivity contribution is -0.0440. The third-order valence-electron chi connectivity index (χ3n) is 4.51. The molecule has 1 aliphatic rings. The molecule has 3 rings (SSSR count). The van der Waals surface area contributed by atoms with Crippen molar-refractivity contribution in [2.45, 2.75) is 37.9 Å². The molecule has 2 aromatic carbocycles. The number of aryl methyl sites for hydroxylation is 1. The van der Waals surface area contributed by atoms with E-state index in [1.54, 1.807) is 13.0 Å². The Morgan fingerprint density at radius 2 is 1.71 bits per heavy atom. The summed E-state index contributed by atoms with van der Waals surface area (Å²) in [7, 11) is -3.68. The normalized spacial score (nSPS) is 20.7. The average Bonchev–Trinajstić information content (AvgIpc) is 2.63. The van der Waals surface area contributed by atoms with Gasteiger partial charge in [-0.15, -0.1) is 0 Å². The number of morpholine rings is 1. The minimum absolute atomic E-state index is 0.0728. The maximum atomic E-state index is 13.9. The molecule has 1 aliphatic heterocycles. The number of sulfonamides is 1. The third-order valence-corrected chi connectivity index (χ3v) is 6.36. The second-order valence-electron chi connectivity index (χ2n) is 7.04. The van der Waals surface area contributed by atoms with Gasteiger partial charge in [0.25, 0.3) is 5.91 Å². The highest BCUT2D eigenvalue weighted by Crippen LogP contribution is 2.22. The Balaban J connectivity index is 1.76. The number of rotatable bonds is 4. The summed E-state index contributed by atoms with van der Waals surface area (Å²) in [5, 5.41) is 2.50. The van der Waals surface area contributed by atoms with Crippen LogP contribution in [0.1, 0.15) is 29.8 Å². The van der Waals surface area contributed by atoms with Crippen molar-refractivity contribution in [2.75, 3.05) is 18.4 Å². The van der Waals surface area contributed by atoms with Gasteiger partial charge in [0.1, 0.15) is 5.82 Å². The second kappa shape index (κ2) is 7.98. The fraction of sp³-hybridized carbons (Fsp3) is 0.350. The Labute approximate surface area is 164 Å². The number of hydrogen-bond acceptors (Lipinski definition) is 4. The molecule has 1 heterocycles. The maximum Gasteiger partial charge on any atom is 0.255 e. The first-order valence-electron chi connectivity index (χ1n) is 9.00. The summed E-state index contributed by atoms with van der Waals surface area (Å²) in [6, 6.07) is 10.1. The van der Waals surface area contributed by atoms with Gasteiger partial charge in [-0.05, 0) is 62.7 Å². The molecule has 2 atom stereocenters. The number of anilines is 1. The first-order chi connectivity index (χ1) is 13.2. The SMILES string of the molecule is Cc1ccc(NC(=O)c2ccc(S(=O)(=O)N3C[C@@H](C)O[C@@H](C)C3)cc2)c(F)c1. The molecule has 0 aliphatic carbocycles. The molecule has 150 valence electrons. The lowest BCUT2D eigenvalue weighted by atomic mass is 10.2. The molecule has 8 heteroatoms. The maximum absolute atomic E-state index is 13.9. The average molecular weight is 406 g/mol. The van der Waals surface area contributed by atoms with Gasteiger partial charge in [-0.2, -0.15) is 4.31 Å². The van der Waals surface area contributed by atoms with E-state index in [0.717, 1.165) is 5.56 Å². The molecule has 1 N–H and O–H groups in total. The monoisotopic (exact) mass is 406 g/mol. The quantitative estimate of drug-likeness (QED) is 0.846. The van der Waals surface area contributed by atoms with Crippen LogP contribution in [0.3, 0.4) is 0 Å². The molecule has 1 fully saturated rings. The Hall–Kier alpha value is -2.29. The van der Waals surface area contributed by atoms with Crippen molar-refractivity contribution in [3.8, 4) is 0 Å². The van der Waals surface area contributed by atoms with Crippen LogP contribution in [0.5, 0.6) is 0 Å². The predicted octanol–water partition coefficient (Wildman–Crippen LogP) is 3.18. The van der Waals surface area contributed by atoms with Crippen LogP contribution in [0.15, 0.2) is 47.4 Å². The summed E-state index contributed by atoms with van der Waals surface area (Å²) in [5.41, 5.74) is 1.06. The predicted molar refractivity (Wildman–Crippen MR) is 104 cm³/mol. The minimum atomic E-state index is -3.68. The van der Waals surface area contributed by atoms with E-state index in [1.165, 1.54) is 40.7 Å². The summed E-state index contributed by atoms with van der Waals surface area (Å²) in [6.45, 7) is 5.97. The van der Waals surface area contributed by atoms with Crippen LogP contribution in [0.4, 0.5) is 10.1 Å². The number of carbonyl (C=O) groups is 1. The van der Waals surface area contributed by atoms with E-state index in [2.05, 4.69) is 5.32 Å². The van der Waals surface area contributed by atoms with Crippen molar-refractivity contribution < 1.29 is 22.3 Å². The highest BCUT2D eigenvalue weighted by Gasteiger charge is 2.32. The summed E-state index contributed by atoms with van der Waals surface area (Å²) in [4.78, 5) is 12.4. The van der Waals surface area contributed by atoms with Crippen molar-refractivity contribution in [1.82, 2.24) is 4.31 Å². The van der Waals surface area contributed by atoms with Crippen molar-refractivity contribution in [1.29, 1.82) is 0 Å². The summed E-state index contributed by atoms with van der Waals surface area (Å²) in [6.07, 6.45) is -0.374. The molecular formula is C20H23FN2O4S. The number of ether oxygens (including phenoxy) is 1. The first kappa shape index (κ1) is 20.4. The van der Waals surface area contributed by atoms with Crippen LogP contribution in [0, 0.1) is 12.7 Å². The molecule has 0 radical (unpaired) electrons. The zero-order valence-electron chi connectivity index (χ0n) is 16.0. The summed E-state index contributed by atoms with van der Waals surface area (Å²) >= 11 is 0. The van der Waals surface area contributed by atoms with Gasteiger partial charge in [0.2, 0.25) is 10.0 Å². The van der Waals surface area contributed by atoms with Gasteiger partial charge < -0.3 is 10.1 Å². The van der Waals surface area contributed by atoms with E-state index in [1.807, 2.05) is 13.8 Å². The number of amides is 1. The fourth-order valence-electron chi connectivity index (χ4n) is 3.17. The Kier molecular flexibility index (Phi) is 5.83. The molecule has 1 saturated heterocycles. The lowest BCUT2D eigenvalue weighted by Crippen LogP contribution is -2.48. The van der Waals surface area contributed by atoms with Gasteiger partial charge in [0.15, 0.2) is 0 Å². The number of nitrogens with one attached hydrogen (secondary N) is 1. The molecule has 2 aromatic rings. The third kappa shape index (κ3) is 4.40. The molecular weight excluding hydrogens is 383 g/mol. The van der Waals surface area contributed by atoms with Gasteiger partial charge in [-0.1, -0.05) is 6.07 Å². The van der Waals surface area contributed by atoms with E-state index >= 15 is 0 Å². The number of benzene rings is 2. The molecule has 0 bridgehead atoms. The molecule has 0 saturated carbocycles. The number of halogens is 1. The van der Waals surface area contributed by atoms with Crippen LogP contribution in [-0.4, -0.2) is 43.9 Å². The topological polar surface area (TPSA) is 75.7 Å². The van der Waals surface area contributed by atoms with E-state index in [0.29, 0.717) is 0 Å². The van der Waals surface area contributed by atoms with Gasteiger partial charge in [0.05, 0.1) is 22.8 Å². The van der Waals surface area contributed by atoms with E-state index in [9.17, 15) is 17.6 Å².